The van der Waals surface area contributed by atoms with Gasteiger partial charge >= 0.3 is 5.97 Å². The molecule has 0 N–H and O–H groups in total. The molecule has 3 aromatic heterocycles. The number of rotatable bonds is 10. The number of nitrogens with zero attached hydrogens (tertiary/aromatic N) is 8. The monoisotopic (exact) mass is 596 g/mol. The Morgan fingerprint density at radius 1 is 1.14 bits per heavy atom. The molecule has 0 amide bonds. The molecule has 0 saturated carbocycles. The predicted molar refractivity (Wildman–Crippen MR) is 159 cm³/mol. The van der Waals surface area contributed by atoms with E-state index in [1.807, 2.05) is 41.6 Å². The van der Waals surface area contributed by atoms with Crippen LogP contribution >= 0.6 is 0 Å². The van der Waals surface area contributed by atoms with Gasteiger partial charge in [-0.25, -0.2) is 19.2 Å². The van der Waals surface area contributed by atoms with Gasteiger partial charge in [-0.1, -0.05) is 6.07 Å². The number of ether oxygens (including phenoxy) is 2. The fraction of sp³-hybridized carbons (Fsp3) is 0.344. The highest BCUT2D eigenvalue weighted by Crippen LogP contribution is 2.27. The van der Waals surface area contributed by atoms with Crippen LogP contribution < -0.4 is 4.74 Å². The van der Waals surface area contributed by atoms with Crippen molar-refractivity contribution in [1.82, 2.24) is 33.8 Å². The number of methoxy groups -OCH3 is 1. The maximum atomic E-state index is 14.2. The van der Waals surface area contributed by atoms with Crippen molar-refractivity contribution < 1.29 is 18.7 Å². The number of imidazole rings is 2. The molecule has 6 rings (SSSR count). The lowest BCUT2D eigenvalue weighted by atomic mass is 10.1. The SMILES string of the molecule is CCn1cncc1Cn1c(CN2CCC(n3ccc(OCc4ccc(C#N)cc4F)n3)CC2)nc2ccc(C(=O)OC)cc21. The third-order valence-electron chi connectivity index (χ3n) is 8.15. The highest BCUT2D eigenvalue weighted by molar-refractivity contribution is 5.93. The van der Waals surface area contributed by atoms with E-state index in [2.05, 4.69) is 31.0 Å². The average Bonchev–Trinajstić information content (AvgIpc) is 3.79. The minimum Gasteiger partial charge on any atom is -0.472 e. The largest absolute Gasteiger partial charge is 0.472 e. The van der Waals surface area contributed by atoms with Crippen LogP contribution in [0.25, 0.3) is 11.0 Å². The maximum absolute atomic E-state index is 14.2. The van der Waals surface area contributed by atoms with Crippen LogP contribution in [0.2, 0.25) is 0 Å². The summed E-state index contributed by atoms with van der Waals surface area (Å²) in [5.74, 6) is 0.511. The Labute approximate surface area is 254 Å². The van der Waals surface area contributed by atoms with Gasteiger partial charge < -0.3 is 18.6 Å². The number of aryl methyl sites for hydroxylation is 1. The number of aromatic nitrogens is 6. The van der Waals surface area contributed by atoms with Gasteiger partial charge in [-0.05, 0) is 50.1 Å². The Morgan fingerprint density at radius 2 is 1.98 bits per heavy atom. The molecule has 0 aliphatic carbocycles. The van der Waals surface area contributed by atoms with E-state index in [9.17, 15) is 9.18 Å². The topological polar surface area (TPSA) is 116 Å². The Balaban J connectivity index is 1.13. The van der Waals surface area contributed by atoms with Gasteiger partial charge in [0.1, 0.15) is 18.2 Å². The molecule has 2 aromatic carbocycles. The fourth-order valence-corrected chi connectivity index (χ4v) is 5.67. The summed E-state index contributed by atoms with van der Waals surface area (Å²) in [5, 5.41) is 13.5. The van der Waals surface area contributed by atoms with Crippen LogP contribution in [0.1, 0.15) is 58.8 Å². The van der Waals surface area contributed by atoms with Crippen LogP contribution in [0.15, 0.2) is 61.2 Å². The molecule has 1 fully saturated rings. The van der Waals surface area contributed by atoms with E-state index in [-0.39, 0.29) is 24.2 Å². The molecule has 0 unspecified atom stereocenters. The second-order valence-electron chi connectivity index (χ2n) is 10.8. The number of nitriles is 1. The van der Waals surface area contributed by atoms with Gasteiger partial charge in [0, 0.05) is 43.7 Å². The fourth-order valence-electron chi connectivity index (χ4n) is 5.67. The maximum Gasteiger partial charge on any atom is 0.337 e. The van der Waals surface area contributed by atoms with Crippen LogP contribution in [0.5, 0.6) is 5.88 Å². The highest BCUT2D eigenvalue weighted by Gasteiger charge is 2.24. The lowest BCUT2D eigenvalue weighted by Gasteiger charge is -2.31. The van der Waals surface area contributed by atoms with Gasteiger partial charge in [0.05, 0.1) is 66.5 Å². The summed E-state index contributed by atoms with van der Waals surface area (Å²) in [4.78, 5) is 24.0. The number of carbonyl (C=O) groups excluding carboxylic acids is 1. The van der Waals surface area contributed by atoms with Crippen LogP contribution in [0.3, 0.4) is 0 Å². The van der Waals surface area contributed by atoms with Crippen molar-refractivity contribution in [1.29, 1.82) is 5.26 Å². The molecule has 12 heteroatoms. The summed E-state index contributed by atoms with van der Waals surface area (Å²) < 4.78 is 31.1. The molecule has 0 radical (unpaired) electrons. The van der Waals surface area contributed by atoms with Crippen molar-refractivity contribution in [3.63, 3.8) is 0 Å². The van der Waals surface area contributed by atoms with Gasteiger partial charge in [0.15, 0.2) is 0 Å². The number of fused-ring (bicyclic) bond motifs is 1. The number of halogens is 1. The van der Waals surface area contributed by atoms with E-state index in [1.54, 1.807) is 24.3 Å². The van der Waals surface area contributed by atoms with Gasteiger partial charge in [-0.15, -0.1) is 5.10 Å². The number of likely N-dealkylation sites (tertiary alicyclic amines) is 1. The van der Waals surface area contributed by atoms with Crippen molar-refractivity contribution in [3.05, 3.63) is 95.2 Å². The lowest BCUT2D eigenvalue weighted by Crippen LogP contribution is -2.35. The lowest BCUT2D eigenvalue weighted by molar-refractivity contribution is 0.0601. The second-order valence-corrected chi connectivity index (χ2v) is 10.8. The Hall–Kier alpha value is -5.02. The zero-order valence-corrected chi connectivity index (χ0v) is 24.7. The Bertz CT molecular complexity index is 1830. The van der Waals surface area contributed by atoms with E-state index in [0.29, 0.717) is 30.1 Å². The summed E-state index contributed by atoms with van der Waals surface area (Å²) in [6.07, 6.45) is 7.41. The van der Waals surface area contributed by atoms with Crippen molar-refractivity contribution >= 4 is 17.0 Å². The molecular formula is C32H33FN8O3. The number of benzene rings is 2. The number of hydrogen-bond donors (Lipinski definition) is 0. The molecule has 1 saturated heterocycles. The third-order valence-corrected chi connectivity index (χ3v) is 8.15. The number of esters is 1. The molecule has 11 nitrogen and oxygen atoms in total. The van der Waals surface area contributed by atoms with Gasteiger partial charge in [0.25, 0.3) is 0 Å². The standard InChI is InChI=1S/C32H33FN8O3/c1-3-39-21-35-17-26(39)18-40-29-15-23(32(42)43-2)6-7-28(29)36-30(40)19-38-11-8-25(9-12-38)41-13-10-31(37-41)44-20-24-5-4-22(16-34)14-27(24)33/h4-7,10,13-15,17,21,25H,3,8-9,11-12,18-20H2,1-2H3. The molecule has 4 heterocycles. The summed E-state index contributed by atoms with van der Waals surface area (Å²) in [5.41, 5.74) is 3.91. The minimum absolute atomic E-state index is 0.0359. The van der Waals surface area contributed by atoms with E-state index in [4.69, 9.17) is 19.7 Å². The Kier molecular flexibility index (Phi) is 8.38. The van der Waals surface area contributed by atoms with Crippen molar-refractivity contribution in [3.8, 4) is 11.9 Å². The summed E-state index contributed by atoms with van der Waals surface area (Å²) in [6.45, 7) is 5.91. The molecule has 226 valence electrons. The molecule has 0 spiro atoms. The predicted octanol–water partition coefficient (Wildman–Crippen LogP) is 4.71. The number of hydrogen-bond acceptors (Lipinski definition) is 8. The van der Waals surface area contributed by atoms with E-state index >= 15 is 0 Å². The van der Waals surface area contributed by atoms with Crippen LogP contribution in [-0.4, -0.2) is 60.0 Å². The smallest absolute Gasteiger partial charge is 0.337 e. The van der Waals surface area contributed by atoms with Crippen molar-refractivity contribution in [2.75, 3.05) is 20.2 Å². The first-order chi connectivity index (χ1) is 21.4. The second kappa shape index (κ2) is 12.7. The minimum atomic E-state index is -0.468. The summed E-state index contributed by atoms with van der Waals surface area (Å²) in [6, 6.07) is 13.8. The van der Waals surface area contributed by atoms with E-state index in [0.717, 1.165) is 55.0 Å². The summed E-state index contributed by atoms with van der Waals surface area (Å²) >= 11 is 0. The number of piperidine rings is 1. The van der Waals surface area contributed by atoms with Crippen LogP contribution in [0.4, 0.5) is 4.39 Å². The quantitative estimate of drug-likeness (QED) is 0.213. The first-order valence-corrected chi connectivity index (χ1v) is 14.6. The van der Waals surface area contributed by atoms with E-state index < -0.39 is 5.82 Å². The van der Waals surface area contributed by atoms with E-state index in [1.165, 1.54) is 13.2 Å². The van der Waals surface area contributed by atoms with Gasteiger partial charge in [0.2, 0.25) is 5.88 Å². The molecule has 0 bridgehead atoms. The number of carbonyl (C=O) groups is 1. The van der Waals surface area contributed by atoms with Gasteiger partial charge in [-0.2, -0.15) is 5.26 Å². The molecule has 1 aliphatic heterocycles. The molecule has 0 atom stereocenters. The van der Waals surface area contributed by atoms with Gasteiger partial charge in [-0.3, -0.25) is 9.58 Å². The Morgan fingerprint density at radius 3 is 2.73 bits per heavy atom. The van der Waals surface area contributed by atoms with Crippen LogP contribution in [0, 0.1) is 17.1 Å². The average molecular weight is 597 g/mol. The third kappa shape index (κ3) is 6.05. The molecular weight excluding hydrogens is 563 g/mol. The highest BCUT2D eigenvalue weighted by atomic mass is 19.1. The summed E-state index contributed by atoms with van der Waals surface area (Å²) in [7, 11) is 1.38. The first-order valence-electron chi connectivity index (χ1n) is 14.6. The molecule has 1 aliphatic rings. The normalized spacial score (nSPS) is 14.1. The molecule has 44 heavy (non-hydrogen) atoms. The van der Waals surface area contributed by atoms with Crippen molar-refractivity contribution in [2.24, 2.45) is 0 Å². The van der Waals surface area contributed by atoms with Crippen molar-refractivity contribution in [2.45, 2.75) is 52.0 Å². The van der Waals surface area contributed by atoms with Crippen LogP contribution in [-0.2, 0) is 31.0 Å². The zero-order valence-electron chi connectivity index (χ0n) is 24.7. The molecule has 5 aromatic rings. The zero-order chi connectivity index (χ0) is 30.6. The first kappa shape index (κ1) is 29.1.